The van der Waals surface area contributed by atoms with Gasteiger partial charge in [-0.1, -0.05) is 12.8 Å². The van der Waals surface area contributed by atoms with Gasteiger partial charge in [-0.05, 0) is 32.6 Å². The van der Waals surface area contributed by atoms with Crippen molar-refractivity contribution < 1.29 is 9.59 Å². The Morgan fingerprint density at radius 1 is 1.42 bits per heavy atom. The lowest BCUT2D eigenvalue weighted by Crippen LogP contribution is -2.57. The van der Waals surface area contributed by atoms with Crippen LogP contribution in [0.1, 0.15) is 39.5 Å². The highest BCUT2D eigenvalue weighted by atomic mass is 32.2. The van der Waals surface area contributed by atoms with Crippen LogP contribution in [0.5, 0.6) is 0 Å². The fourth-order valence-electron chi connectivity index (χ4n) is 2.80. The fraction of sp³-hybridized carbons (Fsp3) is 0.857. The predicted molar refractivity (Wildman–Crippen MR) is 78.1 cm³/mol. The van der Waals surface area contributed by atoms with Crippen molar-refractivity contribution in [2.24, 2.45) is 5.92 Å². The molecule has 0 aromatic rings. The van der Waals surface area contributed by atoms with E-state index in [1.807, 2.05) is 20.9 Å². The van der Waals surface area contributed by atoms with Crippen molar-refractivity contribution >= 4 is 23.6 Å². The number of carbonyl (C=O) groups excluding carboxylic acids is 2. The van der Waals surface area contributed by atoms with Crippen molar-refractivity contribution in [2.75, 3.05) is 19.3 Å². The predicted octanol–water partition coefficient (Wildman–Crippen LogP) is 1.65. The first kappa shape index (κ1) is 14.7. The summed E-state index contributed by atoms with van der Waals surface area (Å²) in [5.74, 6) is 1.35. The van der Waals surface area contributed by atoms with E-state index in [4.69, 9.17) is 0 Å². The van der Waals surface area contributed by atoms with Crippen LogP contribution in [0.3, 0.4) is 0 Å². The van der Waals surface area contributed by atoms with Gasteiger partial charge < -0.3 is 10.2 Å². The summed E-state index contributed by atoms with van der Waals surface area (Å²) in [5, 5.41) is 2.86. The molecule has 1 saturated heterocycles. The Hall–Kier alpha value is -0.710. The molecule has 0 aromatic carbocycles. The minimum Gasteiger partial charge on any atom is -0.344 e. The van der Waals surface area contributed by atoms with E-state index in [-0.39, 0.29) is 17.9 Å². The van der Waals surface area contributed by atoms with E-state index in [1.165, 1.54) is 25.7 Å². The molecular weight excluding hydrogens is 260 g/mol. The molecule has 1 heterocycles. The van der Waals surface area contributed by atoms with Gasteiger partial charge in [-0.15, -0.1) is 11.8 Å². The first-order valence-corrected chi connectivity index (χ1v) is 8.08. The highest BCUT2D eigenvalue weighted by molar-refractivity contribution is 8.01. The normalized spacial score (nSPS) is 27.1. The van der Waals surface area contributed by atoms with E-state index in [9.17, 15) is 9.59 Å². The topological polar surface area (TPSA) is 49.4 Å². The second kappa shape index (κ2) is 5.73. The summed E-state index contributed by atoms with van der Waals surface area (Å²) < 4.78 is -0.416. The Labute approximate surface area is 119 Å². The molecule has 1 aliphatic heterocycles. The quantitative estimate of drug-likeness (QED) is 0.857. The van der Waals surface area contributed by atoms with Crippen molar-refractivity contribution in [1.29, 1.82) is 0 Å². The van der Waals surface area contributed by atoms with Crippen LogP contribution in [0.25, 0.3) is 0 Å². The summed E-state index contributed by atoms with van der Waals surface area (Å²) in [5.41, 5.74) is 0. The molecule has 108 valence electrons. The van der Waals surface area contributed by atoms with Crippen molar-refractivity contribution in [2.45, 2.75) is 50.3 Å². The molecule has 19 heavy (non-hydrogen) atoms. The largest absolute Gasteiger partial charge is 0.344 e. The van der Waals surface area contributed by atoms with Gasteiger partial charge in [0.1, 0.15) is 6.04 Å². The minimum atomic E-state index is -0.416. The average molecular weight is 284 g/mol. The maximum atomic E-state index is 12.3. The Balaban J connectivity index is 1.87. The molecule has 0 unspecified atom stereocenters. The van der Waals surface area contributed by atoms with Crippen LogP contribution >= 0.6 is 11.8 Å². The molecule has 1 atom stereocenters. The van der Waals surface area contributed by atoms with Crippen molar-refractivity contribution in [3.05, 3.63) is 0 Å². The molecule has 5 heteroatoms. The van der Waals surface area contributed by atoms with Crippen LogP contribution in [0.2, 0.25) is 0 Å². The summed E-state index contributed by atoms with van der Waals surface area (Å²) in [6.45, 7) is 4.63. The van der Waals surface area contributed by atoms with E-state index in [1.54, 1.807) is 16.7 Å². The third-order valence-corrected chi connectivity index (χ3v) is 5.55. The number of hydrogen-bond donors (Lipinski definition) is 1. The SMILES string of the molecule is CN(CC1CCCC1)C(=O)[C@@H]1CSC(C)(C)C(=O)N1. The maximum Gasteiger partial charge on any atom is 0.245 e. The van der Waals surface area contributed by atoms with Gasteiger partial charge >= 0.3 is 0 Å². The highest BCUT2D eigenvalue weighted by Crippen LogP contribution is 2.30. The van der Waals surface area contributed by atoms with Crippen LogP contribution in [0.4, 0.5) is 0 Å². The Bertz CT molecular complexity index is 364. The summed E-state index contributed by atoms with van der Waals surface area (Å²) in [4.78, 5) is 26.0. The molecule has 1 aliphatic carbocycles. The Kier molecular flexibility index (Phi) is 4.43. The lowest BCUT2D eigenvalue weighted by molar-refractivity contribution is -0.136. The third-order valence-electron chi connectivity index (χ3n) is 4.14. The zero-order valence-corrected chi connectivity index (χ0v) is 12.9. The lowest BCUT2D eigenvalue weighted by atomic mass is 10.1. The molecule has 0 spiro atoms. The third kappa shape index (κ3) is 3.44. The first-order chi connectivity index (χ1) is 8.90. The summed E-state index contributed by atoms with van der Waals surface area (Å²) >= 11 is 1.57. The second-order valence-electron chi connectivity index (χ2n) is 6.22. The van der Waals surface area contributed by atoms with Crippen molar-refractivity contribution in [1.82, 2.24) is 10.2 Å². The van der Waals surface area contributed by atoms with Crippen LogP contribution in [0, 0.1) is 5.92 Å². The monoisotopic (exact) mass is 284 g/mol. The molecule has 0 aromatic heterocycles. The van der Waals surface area contributed by atoms with E-state index in [0.29, 0.717) is 11.7 Å². The number of thioether (sulfide) groups is 1. The van der Waals surface area contributed by atoms with E-state index >= 15 is 0 Å². The van der Waals surface area contributed by atoms with Gasteiger partial charge in [-0.2, -0.15) is 0 Å². The second-order valence-corrected chi connectivity index (χ2v) is 7.86. The molecule has 1 saturated carbocycles. The van der Waals surface area contributed by atoms with Crippen LogP contribution < -0.4 is 5.32 Å². The number of nitrogens with one attached hydrogen (secondary N) is 1. The maximum absolute atomic E-state index is 12.3. The minimum absolute atomic E-state index is 0.0311. The van der Waals surface area contributed by atoms with Crippen molar-refractivity contribution in [3.63, 3.8) is 0 Å². The number of likely N-dealkylation sites (N-methyl/N-ethyl adjacent to an activating group) is 1. The number of carbonyl (C=O) groups is 2. The summed E-state index contributed by atoms with van der Waals surface area (Å²) in [6, 6.07) is -0.350. The molecule has 0 radical (unpaired) electrons. The Morgan fingerprint density at radius 2 is 2.05 bits per heavy atom. The van der Waals surface area contributed by atoms with E-state index in [0.717, 1.165) is 6.54 Å². The first-order valence-electron chi connectivity index (χ1n) is 7.10. The molecule has 2 aliphatic rings. The van der Waals surface area contributed by atoms with Gasteiger partial charge in [0.25, 0.3) is 0 Å². The standard InChI is InChI=1S/C14H24N2O2S/c1-14(2)13(18)15-11(9-19-14)12(17)16(3)8-10-6-4-5-7-10/h10-11H,4-9H2,1-3H3,(H,15,18)/t11-/m0/s1. The molecule has 0 bridgehead atoms. The molecule has 2 rings (SSSR count). The zero-order valence-electron chi connectivity index (χ0n) is 12.1. The van der Waals surface area contributed by atoms with Gasteiger partial charge in [0, 0.05) is 19.3 Å². The highest BCUT2D eigenvalue weighted by Gasteiger charge is 2.38. The molecule has 2 fully saturated rings. The van der Waals surface area contributed by atoms with Gasteiger partial charge in [-0.3, -0.25) is 9.59 Å². The lowest BCUT2D eigenvalue weighted by Gasteiger charge is -2.35. The number of nitrogens with zero attached hydrogens (tertiary/aromatic N) is 1. The van der Waals surface area contributed by atoms with Crippen LogP contribution in [-0.4, -0.2) is 46.8 Å². The van der Waals surface area contributed by atoms with Crippen LogP contribution in [0.15, 0.2) is 0 Å². The van der Waals surface area contributed by atoms with Gasteiger partial charge in [0.2, 0.25) is 11.8 Å². The van der Waals surface area contributed by atoms with Gasteiger partial charge in [0.05, 0.1) is 4.75 Å². The number of amides is 2. The Morgan fingerprint density at radius 3 is 2.63 bits per heavy atom. The zero-order chi connectivity index (χ0) is 14.0. The smallest absolute Gasteiger partial charge is 0.245 e. The van der Waals surface area contributed by atoms with Crippen molar-refractivity contribution in [3.8, 4) is 0 Å². The number of hydrogen-bond acceptors (Lipinski definition) is 3. The molecule has 1 N–H and O–H groups in total. The van der Waals surface area contributed by atoms with Crippen LogP contribution in [-0.2, 0) is 9.59 Å². The van der Waals surface area contributed by atoms with E-state index in [2.05, 4.69) is 5.32 Å². The van der Waals surface area contributed by atoms with Gasteiger partial charge in [-0.25, -0.2) is 0 Å². The average Bonchev–Trinajstić information content (AvgIpc) is 2.84. The summed E-state index contributed by atoms with van der Waals surface area (Å²) in [6.07, 6.45) is 5.04. The molecular formula is C14H24N2O2S. The molecule has 2 amide bonds. The fourth-order valence-corrected chi connectivity index (χ4v) is 3.80. The summed E-state index contributed by atoms with van der Waals surface area (Å²) in [7, 11) is 1.86. The van der Waals surface area contributed by atoms with E-state index < -0.39 is 4.75 Å². The van der Waals surface area contributed by atoms with Gasteiger partial charge in [0.15, 0.2) is 0 Å². The number of rotatable bonds is 3. The molecule has 4 nitrogen and oxygen atoms in total.